The number of hydrogen-bond donors (Lipinski definition) is 0. The standard InChI is InChI=1S/C31H27N2/c1-20-17-21(2)22(3)26(18-20)30-19-31(25-13-7-8-14-27(25)32(30)4)33-28-15-9-5-11-23(28)24-12-6-10-16-29(24)33/h5-19H,1-4H3/q+1. The molecule has 2 heteroatoms. The van der Waals surface area contributed by atoms with Gasteiger partial charge < -0.3 is 4.57 Å². The maximum atomic E-state index is 2.44. The van der Waals surface area contributed by atoms with E-state index in [1.54, 1.807) is 0 Å². The number of nitrogens with zero attached hydrogens (tertiary/aromatic N) is 2. The lowest BCUT2D eigenvalue weighted by molar-refractivity contribution is -0.633. The lowest BCUT2D eigenvalue weighted by Crippen LogP contribution is -2.33. The van der Waals surface area contributed by atoms with Crippen molar-refractivity contribution in [3.8, 4) is 16.9 Å². The highest BCUT2D eigenvalue weighted by Crippen LogP contribution is 2.36. The molecule has 33 heavy (non-hydrogen) atoms. The maximum absolute atomic E-state index is 2.44. The Morgan fingerprint density at radius 1 is 0.636 bits per heavy atom. The van der Waals surface area contributed by atoms with Gasteiger partial charge in [0.2, 0.25) is 11.2 Å². The van der Waals surface area contributed by atoms with Crippen LogP contribution in [0.2, 0.25) is 0 Å². The second kappa shape index (κ2) is 7.31. The van der Waals surface area contributed by atoms with Crippen molar-refractivity contribution < 1.29 is 4.57 Å². The summed E-state index contributed by atoms with van der Waals surface area (Å²) in [5.41, 5.74) is 11.4. The van der Waals surface area contributed by atoms with Crippen molar-refractivity contribution >= 4 is 32.7 Å². The summed E-state index contributed by atoms with van der Waals surface area (Å²) in [6.07, 6.45) is 0. The molecule has 0 atom stereocenters. The van der Waals surface area contributed by atoms with Crippen molar-refractivity contribution in [1.82, 2.24) is 4.57 Å². The molecule has 6 aromatic rings. The Balaban J connectivity index is 1.80. The molecule has 0 saturated carbocycles. The average molecular weight is 428 g/mol. The average Bonchev–Trinajstić information content (AvgIpc) is 3.17. The molecule has 0 amide bonds. The summed E-state index contributed by atoms with van der Waals surface area (Å²) in [4.78, 5) is 0. The van der Waals surface area contributed by atoms with Gasteiger partial charge >= 0.3 is 0 Å². The van der Waals surface area contributed by atoms with Crippen LogP contribution in [0.15, 0.2) is 91.0 Å². The van der Waals surface area contributed by atoms with E-state index in [0.717, 1.165) is 0 Å². The van der Waals surface area contributed by atoms with Gasteiger partial charge in [-0.15, -0.1) is 0 Å². The number of pyridine rings is 1. The Kier molecular flexibility index (Phi) is 4.38. The van der Waals surface area contributed by atoms with E-state index in [-0.39, 0.29) is 0 Å². The molecule has 0 aliphatic carbocycles. The normalized spacial score (nSPS) is 11.6. The molecular weight excluding hydrogens is 400 g/mol. The van der Waals surface area contributed by atoms with Gasteiger partial charge in [0.1, 0.15) is 7.05 Å². The van der Waals surface area contributed by atoms with Crippen LogP contribution in [-0.2, 0) is 7.05 Å². The molecule has 4 aromatic carbocycles. The fraction of sp³-hybridized carbons (Fsp3) is 0.129. The molecule has 0 radical (unpaired) electrons. The predicted octanol–water partition coefficient (Wildman–Crippen LogP) is 7.35. The zero-order chi connectivity index (χ0) is 22.7. The third-order valence-electron chi connectivity index (χ3n) is 7.08. The highest BCUT2D eigenvalue weighted by molar-refractivity contribution is 6.10. The van der Waals surface area contributed by atoms with Crippen LogP contribution in [0.1, 0.15) is 16.7 Å². The molecule has 0 aliphatic heterocycles. The van der Waals surface area contributed by atoms with E-state index in [9.17, 15) is 0 Å². The summed E-state index contributed by atoms with van der Waals surface area (Å²) in [6.45, 7) is 6.63. The zero-order valence-electron chi connectivity index (χ0n) is 19.6. The number of para-hydroxylation sites is 3. The van der Waals surface area contributed by atoms with Crippen LogP contribution in [0, 0.1) is 20.8 Å². The predicted molar refractivity (Wildman–Crippen MR) is 139 cm³/mol. The summed E-state index contributed by atoms with van der Waals surface area (Å²) in [5, 5.41) is 3.82. The van der Waals surface area contributed by atoms with Gasteiger partial charge in [0, 0.05) is 28.5 Å². The molecule has 0 N–H and O–H groups in total. The van der Waals surface area contributed by atoms with Crippen molar-refractivity contribution in [2.75, 3.05) is 0 Å². The number of rotatable bonds is 2. The van der Waals surface area contributed by atoms with Gasteiger partial charge in [-0.25, -0.2) is 0 Å². The van der Waals surface area contributed by atoms with E-state index >= 15 is 0 Å². The largest absolute Gasteiger partial charge is 0.308 e. The number of fused-ring (bicyclic) bond motifs is 4. The van der Waals surface area contributed by atoms with Crippen LogP contribution >= 0.6 is 0 Å². The summed E-state index contributed by atoms with van der Waals surface area (Å²) in [6, 6.07) is 33.2. The van der Waals surface area contributed by atoms with E-state index in [1.165, 1.54) is 66.3 Å². The SMILES string of the molecule is Cc1cc(C)c(C)c(-c2cc(-n3c4ccccc4c4ccccc43)c3ccccc3[n+]2C)c1. The van der Waals surface area contributed by atoms with Crippen LogP contribution in [0.25, 0.3) is 49.7 Å². The fourth-order valence-corrected chi connectivity index (χ4v) is 5.35. The molecule has 0 aliphatic rings. The Hall–Kier alpha value is -3.91. The Bertz CT molecular complexity index is 1650. The second-order valence-corrected chi connectivity index (χ2v) is 9.12. The molecule has 0 saturated heterocycles. The van der Waals surface area contributed by atoms with Crippen molar-refractivity contribution in [2.45, 2.75) is 20.8 Å². The molecule has 2 heterocycles. The van der Waals surface area contributed by atoms with Crippen molar-refractivity contribution in [2.24, 2.45) is 7.05 Å². The minimum atomic E-state index is 1.22. The van der Waals surface area contributed by atoms with Crippen LogP contribution in [0.5, 0.6) is 0 Å². The van der Waals surface area contributed by atoms with Crippen LogP contribution in [-0.4, -0.2) is 4.57 Å². The molecule has 2 aromatic heterocycles. The van der Waals surface area contributed by atoms with Crippen LogP contribution in [0.4, 0.5) is 0 Å². The molecule has 0 bridgehead atoms. The van der Waals surface area contributed by atoms with Gasteiger partial charge in [0.15, 0.2) is 0 Å². The lowest BCUT2D eigenvalue weighted by Gasteiger charge is -2.15. The minimum Gasteiger partial charge on any atom is -0.308 e. The first-order valence-electron chi connectivity index (χ1n) is 11.5. The van der Waals surface area contributed by atoms with E-state index in [1.807, 2.05) is 0 Å². The van der Waals surface area contributed by atoms with E-state index < -0.39 is 0 Å². The molecule has 2 nitrogen and oxygen atoms in total. The first-order chi connectivity index (χ1) is 16.0. The van der Waals surface area contributed by atoms with E-state index in [4.69, 9.17) is 0 Å². The topological polar surface area (TPSA) is 8.81 Å². The van der Waals surface area contributed by atoms with Gasteiger partial charge in [0.05, 0.1) is 22.1 Å². The Labute approximate surface area is 194 Å². The van der Waals surface area contributed by atoms with Gasteiger partial charge in [-0.1, -0.05) is 60.2 Å². The van der Waals surface area contributed by atoms with Crippen molar-refractivity contribution in [3.63, 3.8) is 0 Å². The molecule has 0 unspecified atom stereocenters. The van der Waals surface area contributed by atoms with E-state index in [0.29, 0.717) is 0 Å². The van der Waals surface area contributed by atoms with Crippen LogP contribution < -0.4 is 4.57 Å². The molecule has 0 fully saturated rings. The number of hydrogen-bond acceptors (Lipinski definition) is 0. The monoisotopic (exact) mass is 427 g/mol. The summed E-state index contributed by atoms with van der Waals surface area (Å²) < 4.78 is 4.78. The Morgan fingerprint density at radius 2 is 1.21 bits per heavy atom. The molecule has 0 spiro atoms. The first-order valence-corrected chi connectivity index (χ1v) is 11.5. The first kappa shape index (κ1) is 19.8. The maximum Gasteiger partial charge on any atom is 0.215 e. The quantitative estimate of drug-likeness (QED) is 0.255. The third-order valence-corrected chi connectivity index (χ3v) is 7.08. The highest BCUT2D eigenvalue weighted by Gasteiger charge is 2.23. The molecule has 6 rings (SSSR count). The number of benzene rings is 4. The number of aryl methyl sites for hydroxylation is 3. The Morgan fingerprint density at radius 3 is 1.88 bits per heavy atom. The molecule has 160 valence electrons. The highest BCUT2D eigenvalue weighted by atomic mass is 15.0. The van der Waals surface area contributed by atoms with Gasteiger partial charge in [-0.3, -0.25) is 0 Å². The molecular formula is C31H27N2+. The van der Waals surface area contributed by atoms with Crippen LogP contribution in [0.3, 0.4) is 0 Å². The summed E-state index contributed by atoms with van der Waals surface area (Å²) in [7, 11) is 2.18. The van der Waals surface area contributed by atoms with E-state index in [2.05, 4.69) is 128 Å². The van der Waals surface area contributed by atoms with Gasteiger partial charge in [0.25, 0.3) is 0 Å². The van der Waals surface area contributed by atoms with Gasteiger partial charge in [-0.05, 0) is 56.2 Å². The smallest absolute Gasteiger partial charge is 0.215 e. The van der Waals surface area contributed by atoms with Crippen molar-refractivity contribution in [1.29, 1.82) is 0 Å². The summed E-state index contributed by atoms with van der Waals surface area (Å²) >= 11 is 0. The third kappa shape index (κ3) is 2.91. The number of aromatic nitrogens is 2. The second-order valence-electron chi connectivity index (χ2n) is 9.12. The fourth-order valence-electron chi connectivity index (χ4n) is 5.35. The summed E-state index contributed by atoms with van der Waals surface area (Å²) in [5.74, 6) is 0. The van der Waals surface area contributed by atoms with Crippen molar-refractivity contribution in [3.05, 3.63) is 108 Å². The van der Waals surface area contributed by atoms with Gasteiger partial charge in [-0.2, -0.15) is 4.57 Å². The lowest BCUT2D eigenvalue weighted by atomic mass is 9.96. The zero-order valence-corrected chi connectivity index (χ0v) is 19.6. The minimum absolute atomic E-state index is 1.22.